The van der Waals surface area contributed by atoms with Gasteiger partial charge in [0.05, 0.1) is 11.1 Å². The molecular weight excluding hydrogens is 485 g/mol. The Morgan fingerprint density at radius 3 is 2.58 bits per heavy atom. The van der Waals surface area contributed by atoms with Crippen LogP contribution >= 0.6 is 0 Å². The average molecular weight is 518 g/mol. The lowest BCUT2D eigenvalue weighted by Gasteiger charge is -2.28. The number of hydrogen-bond acceptors (Lipinski definition) is 6. The number of rotatable bonds is 10. The van der Waals surface area contributed by atoms with Crippen molar-refractivity contribution in [1.82, 2.24) is 0 Å². The Morgan fingerprint density at radius 1 is 1.16 bits per heavy atom. The molecule has 4 rings (SSSR count). The van der Waals surface area contributed by atoms with E-state index < -0.39 is 11.9 Å². The Balaban J connectivity index is 1.55. The molecule has 0 aromatic heterocycles. The van der Waals surface area contributed by atoms with Crippen molar-refractivity contribution in [1.29, 1.82) is 5.26 Å². The van der Waals surface area contributed by atoms with Crippen LogP contribution in [0.2, 0.25) is 0 Å². The van der Waals surface area contributed by atoms with E-state index in [1.807, 2.05) is 37.3 Å². The second kappa shape index (κ2) is 12.7. The van der Waals surface area contributed by atoms with Gasteiger partial charge in [0, 0.05) is 12.2 Å². The highest BCUT2D eigenvalue weighted by Gasteiger charge is 2.24. The molecule has 38 heavy (non-hydrogen) atoms. The van der Waals surface area contributed by atoms with Gasteiger partial charge in [-0.15, -0.1) is 0 Å². The van der Waals surface area contributed by atoms with E-state index >= 15 is 0 Å². The molecule has 1 aliphatic heterocycles. The van der Waals surface area contributed by atoms with Gasteiger partial charge in [0.2, 0.25) is 0 Å². The highest BCUT2D eigenvalue weighted by atomic mass is 19.1. The van der Waals surface area contributed by atoms with Gasteiger partial charge < -0.3 is 19.3 Å². The Bertz CT molecular complexity index is 1310. The van der Waals surface area contributed by atoms with Crippen LogP contribution in [0.5, 0.6) is 11.5 Å². The van der Waals surface area contributed by atoms with Gasteiger partial charge in [-0.25, -0.2) is 4.39 Å². The number of halogens is 1. The first-order chi connectivity index (χ1) is 18.4. The fourth-order valence-electron chi connectivity index (χ4n) is 4.59. The third-order valence-corrected chi connectivity index (χ3v) is 6.64. The molecule has 3 aromatic carbocycles. The third kappa shape index (κ3) is 6.39. The maximum Gasteiger partial charge on any atom is 0.163 e. The molecule has 3 aromatic rings. The summed E-state index contributed by atoms with van der Waals surface area (Å²) < 4.78 is 32.1. The van der Waals surface area contributed by atoms with Crippen molar-refractivity contribution in [2.45, 2.75) is 65.0 Å². The molecule has 2 atom stereocenters. The van der Waals surface area contributed by atoms with Crippen molar-refractivity contribution >= 4 is 5.78 Å². The predicted molar refractivity (Wildman–Crippen MR) is 141 cm³/mol. The van der Waals surface area contributed by atoms with Crippen LogP contribution < -0.4 is 4.74 Å². The fourth-order valence-corrected chi connectivity index (χ4v) is 4.59. The molecular formula is C31H32FNO5. The van der Waals surface area contributed by atoms with Crippen molar-refractivity contribution in [3.63, 3.8) is 0 Å². The number of nitrogens with zero attached hydrogens (tertiary/aromatic N) is 1. The van der Waals surface area contributed by atoms with Gasteiger partial charge >= 0.3 is 0 Å². The number of nitriles is 1. The summed E-state index contributed by atoms with van der Waals surface area (Å²) >= 11 is 0. The van der Waals surface area contributed by atoms with Crippen LogP contribution in [0.3, 0.4) is 0 Å². The van der Waals surface area contributed by atoms with E-state index in [2.05, 4.69) is 0 Å². The molecule has 0 aliphatic carbocycles. The van der Waals surface area contributed by atoms with Crippen molar-refractivity contribution in [3.05, 3.63) is 93.8 Å². The van der Waals surface area contributed by atoms with Gasteiger partial charge in [-0.1, -0.05) is 43.7 Å². The number of ether oxygens (including phenoxy) is 3. The molecule has 7 heteroatoms. The topological polar surface area (TPSA) is 88.8 Å². The first kappa shape index (κ1) is 27.3. The van der Waals surface area contributed by atoms with E-state index in [0.29, 0.717) is 35.5 Å². The lowest BCUT2D eigenvalue weighted by molar-refractivity contribution is -0.181. The molecule has 0 saturated carbocycles. The maximum absolute atomic E-state index is 14.0. The number of carbonyl (C=O) groups excluding carboxylic acids is 1. The summed E-state index contributed by atoms with van der Waals surface area (Å²) in [6.45, 7) is 4.32. The average Bonchev–Trinajstić information content (AvgIpc) is 2.93. The highest BCUT2D eigenvalue weighted by Crippen LogP contribution is 2.34. The molecule has 2 unspecified atom stereocenters. The molecule has 1 saturated heterocycles. The number of Topliss-reactive ketones (excluding diaryl/α,β-unsaturated/α-hetero) is 1. The first-order valence-corrected chi connectivity index (χ1v) is 12.9. The second-order valence-electron chi connectivity index (χ2n) is 9.44. The Labute approximate surface area is 222 Å². The lowest BCUT2D eigenvalue weighted by Crippen LogP contribution is -2.25. The molecule has 0 radical (unpaired) electrons. The van der Waals surface area contributed by atoms with Gasteiger partial charge in [0.1, 0.15) is 36.1 Å². The van der Waals surface area contributed by atoms with Crippen molar-refractivity contribution < 1.29 is 28.5 Å². The quantitative estimate of drug-likeness (QED) is 0.299. The zero-order valence-electron chi connectivity index (χ0n) is 21.7. The van der Waals surface area contributed by atoms with Gasteiger partial charge in [-0.05, 0) is 73.6 Å². The monoisotopic (exact) mass is 517 g/mol. The van der Waals surface area contributed by atoms with Crippen LogP contribution in [0.4, 0.5) is 4.39 Å². The van der Waals surface area contributed by atoms with E-state index in [1.165, 1.54) is 19.1 Å². The van der Waals surface area contributed by atoms with Gasteiger partial charge in [0.25, 0.3) is 0 Å². The molecule has 198 valence electrons. The van der Waals surface area contributed by atoms with Crippen molar-refractivity contribution in [2.24, 2.45) is 0 Å². The first-order valence-electron chi connectivity index (χ1n) is 12.9. The molecule has 0 bridgehead atoms. The normalized spacial score (nSPS) is 16.0. The number of benzene rings is 3. The van der Waals surface area contributed by atoms with Gasteiger partial charge in [-0.2, -0.15) is 5.26 Å². The fraction of sp³-hybridized carbons (Fsp3) is 0.355. The second-order valence-corrected chi connectivity index (χ2v) is 9.44. The Morgan fingerprint density at radius 2 is 1.92 bits per heavy atom. The summed E-state index contributed by atoms with van der Waals surface area (Å²) in [6, 6.07) is 17.3. The Kier molecular flexibility index (Phi) is 9.11. The summed E-state index contributed by atoms with van der Waals surface area (Å²) in [7, 11) is 0. The lowest BCUT2D eigenvalue weighted by atomic mass is 9.98. The smallest absolute Gasteiger partial charge is 0.163 e. The van der Waals surface area contributed by atoms with Crippen LogP contribution in [0, 0.1) is 17.1 Å². The van der Waals surface area contributed by atoms with Crippen LogP contribution in [0.25, 0.3) is 0 Å². The van der Waals surface area contributed by atoms with E-state index in [0.717, 1.165) is 36.8 Å². The van der Waals surface area contributed by atoms with Crippen LogP contribution in [0.15, 0.2) is 54.6 Å². The van der Waals surface area contributed by atoms with E-state index in [4.69, 9.17) is 14.2 Å². The molecule has 6 nitrogen and oxygen atoms in total. The summed E-state index contributed by atoms with van der Waals surface area (Å²) in [5, 5.41) is 19.9. The largest absolute Gasteiger partial charge is 0.507 e. The molecule has 1 fully saturated rings. The number of phenolic OH excluding ortho intramolecular Hbond substituents is 1. The highest BCUT2D eigenvalue weighted by molar-refractivity contribution is 5.97. The Hall–Kier alpha value is -3.73. The van der Waals surface area contributed by atoms with E-state index in [-0.39, 0.29) is 30.0 Å². The zero-order chi connectivity index (χ0) is 27.1. The predicted octanol–water partition coefficient (Wildman–Crippen LogP) is 6.77. The number of ketones is 1. The number of hydrogen-bond donors (Lipinski definition) is 1. The van der Waals surface area contributed by atoms with Crippen molar-refractivity contribution in [2.75, 3.05) is 6.61 Å². The van der Waals surface area contributed by atoms with Crippen molar-refractivity contribution in [3.8, 4) is 17.6 Å². The zero-order valence-corrected chi connectivity index (χ0v) is 21.7. The molecule has 0 amide bonds. The summed E-state index contributed by atoms with van der Waals surface area (Å²) in [5.74, 6) is -0.237. The van der Waals surface area contributed by atoms with E-state index in [1.54, 1.807) is 18.2 Å². The van der Waals surface area contributed by atoms with Crippen LogP contribution in [0.1, 0.15) is 83.8 Å². The van der Waals surface area contributed by atoms with Crippen LogP contribution in [-0.4, -0.2) is 23.8 Å². The molecule has 0 spiro atoms. The molecule has 1 heterocycles. The SMILES string of the molecule is CCCc1c(OCc2ccc(C(OC3CCCCO3)c3ccc(F)c(C#N)c3)cc2)ccc(C(C)=O)c1O. The minimum atomic E-state index is -0.568. The van der Waals surface area contributed by atoms with Gasteiger partial charge in [-0.3, -0.25) is 4.79 Å². The minimum Gasteiger partial charge on any atom is -0.507 e. The number of carbonyl (C=O) groups is 1. The third-order valence-electron chi connectivity index (χ3n) is 6.64. The number of phenols is 1. The standard InChI is InChI=1S/C31H32FNO5/c1-3-6-26-28(15-13-25(20(2)34)30(26)35)37-19-21-8-10-22(11-9-21)31(38-29-7-4-5-16-36-29)23-12-14-27(32)24(17-23)18-33/h8-15,17,29,31,35H,3-7,16,19H2,1-2H3. The maximum atomic E-state index is 14.0. The summed E-state index contributed by atoms with van der Waals surface area (Å²) in [5.41, 5.74) is 3.30. The summed E-state index contributed by atoms with van der Waals surface area (Å²) in [6.07, 6.45) is 3.23. The van der Waals surface area contributed by atoms with E-state index in [9.17, 15) is 19.6 Å². The number of aromatic hydroxyl groups is 1. The molecule has 1 aliphatic rings. The summed E-state index contributed by atoms with van der Waals surface area (Å²) in [4.78, 5) is 11.8. The van der Waals surface area contributed by atoms with Gasteiger partial charge in [0.15, 0.2) is 12.1 Å². The minimum absolute atomic E-state index is 0.0202. The van der Waals surface area contributed by atoms with Crippen LogP contribution in [-0.2, 0) is 22.5 Å². The molecule has 1 N–H and O–H groups in total.